The number of nitrogens with two attached hydrogens (primary N) is 1. The summed E-state index contributed by atoms with van der Waals surface area (Å²) in [6.07, 6.45) is 0. The molecule has 0 fully saturated rings. The molecule has 0 aromatic carbocycles. The molecule has 0 spiro atoms. The zero-order valence-electron chi connectivity index (χ0n) is 11.3. The number of carbonyl (C=O) groups is 1. The first-order valence-electron chi connectivity index (χ1n) is 5.66. The highest BCUT2D eigenvalue weighted by Crippen LogP contribution is 2.32. The van der Waals surface area contributed by atoms with Crippen LogP contribution in [0.3, 0.4) is 0 Å². The van der Waals surface area contributed by atoms with E-state index in [1.165, 1.54) is 11.8 Å². The monoisotopic (exact) mass is 306 g/mol. The van der Waals surface area contributed by atoms with Gasteiger partial charge in [0.25, 0.3) is 0 Å². The Morgan fingerprint density at radius 1 is 1.53 bits per heavy atom. The van der Waals surface area contributed by atoms with Crippen molar-refractivity contribution in [2.24, 2.45) is 0 Å². The third-order valence-electron chi connectivity index (χ3n) is 2.52. The van der Waals surface area contributed by atoms with Crippen LogP contribution in [0.2, 0.25) is 0 Å². The Balaban J connectivity index is 3.08. The zero-order chi connectivity index (χ0) is 14.8. The first-order valence-corrected chi connectivity index (χ1v) is 8.08. The van der Waals surface area contributed by atoms with Gasteiger partial charge in [-0.2, -0.15) is 4.37 Å². The molecule has 0 aliphatic carbocycles. The Kier molecular flexibility index (Phi) is 4.75. The van der Waals surface area contributed by atoms with Gasteiger partial charge in [0, 0.05) is 14.1 Å². The molecule has 1 amide bonds. The molecule has 7 nitrogen and oxygen atoms in total. The molecule has 0 saturated carbocycles. The number of hydrogen-bond donors (Lipinski definition) is 2. The fourth-order valence-corrected chi connectivity index (χ4v) is 3.72. The molecule has 1 unspecified atom stereocenters. The highest BCUT2D eigenvalue weighted by atomic mass is 32.2. The van der Waals surface area contributed by atoms with E-state index in [0.29, 0.717) is 5.00 Å². The summed E-state index contributed by atoms with van der Waals surface area (Å²) in [7, 11) is -0.212. The normalized spacial score (nSPS) is 13.1. The van der Waals surface area contributed by atoms with Gasteiger partial charge in [0.15, 0.2) is 15.7 Å². The quantitative estimate of drug-likeness (QED) is 0.816. The summed E-state index contributed by atoms with van der Waals surface area (Å²) < 4.78 is 27.7. The molecule has 108 valence electrons. The Bertz CT molecular complexity index is 565. The van der Waals surface area contributed by atoms with Gasteiger partial charge in [-0.25, -0.2) is 8.42 Å². The minimum atomic E-state index is -3.47. The molecule has 0 radical (unpaired) electrons. The molecule has 0 aliphatic rings. The lowest BCUT2D eigenvalue weighted by Gasteiger charge is -2.18. The second-order valence-corrected chi connectivity index (χ2v) is 7.22. The zero-order valence-corrected chi connectivity index (χ0v) is 12.9. The van der Waals surface area contributed by atoms with Crippen molar-refractivity contribution >= 4 is 38.1 Å². The summed E-state index contributed by atoms with van der Waals surface area (Å²) >= 11 is 0.940. The second-order valence-electron chi connectivity index (χ2n) is 4.23. The predicted octanol–water partition coefficient (Wildman–Crippen LogP) is 0.407. The summed E-state index contributed by atoms with van der Waals surface area (Å²) in [5, 5.41) is 3.17. The molecule has 1 atom stereocenters. The fourth-order valence-electron chi connectivity index (χ4n) is 1.48. The van der Waals surface area contributed by atoms with Gasteiger partial charge in [0.1, 0.15) is 15.9 Å². The van der Waals surface area contributed by atoms with Crippen LogP contribution in [-0.2, 0) is 14.6 Å². The van der Waals surface area contributed by atoms with Crippen molar-refractivity contribution in [1.82, 2.24) is 9.27 Å². The molecular formula is C10H18N4O3S2. The van der Waals surface area contributed by atoms with Crippen LogP contribution in [-0.4, -0.2) is 49.5 Å². The van der Waals surface area contributed by atoms with Gasteiger partial charge in [0.2, 0.25) is 5.91 Å². The number of aromatic nitrogens is 1. The van der Waals surface area contributed by atoms with E-state index in [2.05, 4.69) is 9.69 Å². The van der Waals surface area contributed by atoms with E-state index in [1.807, 2.05) is 0 Å². The van der Waals surface area contributed by atoms with Crippen molar-refractivity contribution in [3.05, 3.63) is 0 Å². The predicted molar refractivity (Wildman–Crippen MR) is 76.0 cm³/mol. The van der Waals surface area contributed by atoms with Crippen molar-refractivity contribution in [2.45, 2.75) is 24.8 Å². The van der Waals surface area contributed by atoms with Gasteiger partial charge < -0.3 is 16.0 Å². The number of sulfone groups is 1. The Labute approximate surface area is 116 Å². The van der Waals surface area contributed by atoms with Gasteiger partial charge in [0.05, 0.1) is 5.75 Å². The molecule has 1 aromatic heterocycles. The average molecular weight is 306 g/mol. The first-order chi connectivity index (χ1) is 8.70. The van der Waals surface area contributed by atoms with Crippen molar-refractivity contribution in [2.75, 3.05) is 30.9 Å². The second kappa shape index (κ2) is 5.74. The number of nitrogens with zero attached hydrogens (tertiary/aromatic N) is 2. The number of amides is 1. The van der Waals surface area contributed by atoms with E-state index in [9.17, 15) is 13.2 Å². The van der Waals surface area contributed by atoms with E-state index < -0.39 is 15.9 Å². The van der Waals surface area contributed by atoms with E-state index >= 15 is 0 Å². The average Bonchev–Trinajstić information content (AvgIpc) is 2.69. The van der Waals surface area contributed by atoms with Crippen LogP contribution >= 0.6 is 11.5 Å². The van der Waals surface area contributed by atoms with Crippen LogP contribution in [0.25, 0.3) is 0 Å². The standard InChI is InChI=1S/C10H18N4O3S2/c1-5-19(16,17)7-8(11)13-18-9(7)12-6(2)10(15)14(3)4/h6,12H,5H2,1-4H3,(H2,11,13). The van der Waals surface area contributed by atoms with Crippen molar-refractivity contribution in [3.8, 4) is 0 Å². The fraction of sp³-hybridized carbons (Fsp3) is 0.600. The Morgan fingerprint density at radius 3 is 2.58 bits per heavy atom. The molecule has 9 heteroatoms. The number of nitrogen functional groups attached to an aromatic ring is 1. The third kappa shape index (κ3) is 3.35. The third-order valence-corrected chi connectivity index (χ3v) is 5.24. The largest absolute Gasteiger partial charge is 0.382 e. The van der Waals surface area contributed by atoms with E-state index in [1.54, 1.807) is 21.0 Å². The van der Waals surface area contributed by atoms with Crippen LogP contribution in [0, 0.1) is 0 Å². The highest BCUT2D eigenvalue weighted by Gasteiger charge is 2.26. The maximum absolute atomic E-state index is 11.9. The molecule has 1 heterocycles. The van der Waals surface area contributed by atoms with Crippen molar-refractivity contribution in [1.29, 1.82) is 0 Å². The summed E-state index contributed by atoms with van der Waals surface area (Å²) in [5.41, 5.74) is 5.60. The highest BCUT2D eigenvalue weighted by molar-refractivity contribution is 7.91. The van der Waals surface area contributed by atoms with Gasteiger partial charge in [-0.3, -0.25) is 4.79 Å². The molecule has 3 N–H and O–H groups in total. The lowest BCUT2D eigenvalue weighted by molar-refractivity contribution is -0.129. The maximum atomic E-state index is 11.9. The smallest absolute Gasteiger partial charge is 0.244 e. The minimum absolute atomic E-state index is 0.0154. The summed E-state index contributed by atoms with van der Waals surface area (Å²) in [5.74, 6) is -0.258. The first kappa shape index (κ1) is 15.7. The molecular weight excluding hydrogens is 288 g/mol. The van der Waals surface area contributed by atoms with Gasteiger partial charge in [-0.05, 0) is 18.5 Å². The van der Waals surface area contributed by atoms with Gasteiger partial charge >= 0.3 is 0 Å². The van der Waals surface area contributed by atoms with Crippen LogP contribution in [0.4, 0.5) is 10.8 Å². The molecule has 1 aromatic rings. The Hall–Kier alpha value is -1.35. The van der Waals surface area contributed by atoms with Gasteiger partial charge in [-0.1, -0.05) is 6.92 Å². The van der Waals surface area contributed by atoms with Crippen LogP contribution < -0.4 is 11.1 Å². The molecule has 19 heavy (non-hydrogen) atoms. The number of hydrogen-bond acceptors (Lipinski definition) is 7. The summed E-state index contributed by atoms with van der Waals surface area (Å²) in [4.78, 5) is 13.2. The van der Waals surface area contributed by atoms with E-state index in [-0.39, 0.29) is 22.4 Å². The van der Waals surface area contributed by atoms with Crippen molar-refractivity contribution in [3.63, 3.8) is 0 Å². The SMILES string of the molecule is CCS(=O)(=O)c1c(N)nsc1NC(C)C(=O)N(C)C. The van der Waals surface area contributed by atoms with E-state index in [0.717, 1.165) is 11.5 Å². The van der Waals surface area contributed by atoms with Crippen LogP contribution in [0.15, 0.2) is 4.90 Å². The number of anilines is 2. The number of rotatable bonds is 5. The Morgan fingerprint density at radius 2 is 2.11 bits per heavy atom. The number of likely N-dealkylation sites (N-methyl/N-ethyl adjacent to an activating group) is 1. The topological polar surface area (TPSA) is 105 Å². The molecule has 1 rings (SSSR count). The van der Waals surface area contributed by atoms with E-state index in [4.69, 9.17) is 5.73 Å². The molecule has 0 bridgehead atoms. The lowest BCUT2D eigenvalue weighted by Crippen LogP contribution is -2.36. The summed E-state index contributed by atoms with van der Waals surface area (Å²) in [6, 6.07) is -0.555. The number of carbonyl (C=O) groups excluding carboxylic acids is 1. The lowest BCUT2D eigenvalue weighted by atomic mass is 10.3. The van der Waals surface area contributed by atoms with Gasteiger partial charge in [-0.15, -0.1) is 0 Å². The maximum Gasteiger partial charge on any atom is 0.244 e. The minimum Gasteiger partial charge on any atom is -0.382 e. The van der Waals surface area contributed by atoms with Crippen molar-refractivity contribution < 1.29 is 13.2 Å². The number of nitrogens with one attached hydrogen (secondary N) is 1. The van der Waals surface area contributed by atoms with Crippen LogP contribution in [0.5, 0.6) is 0 Å². The molecule has 0 saturated heterocycles. The molecule has 0 aliphatic heterocycles. The van der Waals surface area contributed by atoms with Crippen LogP contribution in [0.1, 0.15) is 13.8 Å². The summed E-state index contributed by atoms with van der Waals surface area (Å²) in [6.45, 7) is 3.19.